The molecule has 0 radical (unpaired) electrons. The largest absolute Gasteiger partial charge is 0.377 e. The number of likely N-dealkylation sites (tertiary alicyclic amines) is 1. The fourth-order valence-electron chi connectivity index (χ4n) is 6.19. The average Bonchev–Trinajstić information content (AvgIpc) is 3.54. The summed E-state index contributed by atoms with van der Waals surface area (Å²) in [5.74, 6) is 0. The summed E-state index contributed by atoms with van der Waals surface area (Å²) in [6, 6.07) is 26.4. The number of anilines is 2. The Labute approximate surface area is 270 Å². The lowest BCUT2D eigenvalue weighted by Gasteiger charge is -2.40. The van der Waals surface area contributed by atoms with Gasteiger partial charge in [0, 0.05) is 41.3 Å². The molecule has 3 heterocycles. The molecule has 9 heteroatoms. The van der Waals surface area contributed by atoms with Gasteiger partial charge in [-0.15, -0.1) is 5.10 Å². The fraction of sp³-hybridized carbons (Fsp3) is 0.333. The third kappa shape index (κ3) is 6.65. The molecule has 8 nitrogen and oxygen atoms in total. The molecule has 45 heavy (non-hydrogen) atoms. The second-order valence-corrected chi connectivity index (χ2v) is 13.2. The standard InChI is InChI=1S/C36H39ClN8/c1-24(25-11-7-5-8-12-25)40-33-27(21-38)22-39-35-30(33)19-28(37)20-31(35)41-34(26-13-9-6-10-14-26)32-23-45(43-42-32)29-15-17-44(18-16-29)36(2,3)4/h5-14,19-20,22-24,29,34,41H,15-18H2,1-4H3,(H,39,40)/t24-,34+/m1/s1. The Balaban J connectivity index is 1.35. The van der Waals surface area contributed by atoms with Crippen LogP contribution in [0.3, 0.4) is 0 Å². The molecule has 1 fully saturated rings. The molecule has 0 saturated carbocycles. The lowest BCUT2D eigenvalue weighted by molar-refractivity contribution is 0.0866. The highest BCUT2D eigenvalue weighted by Crippen LogP contribution is 2.38. The van der Waals surface area contributed by atoms with Gasteiger partial charge in [0.25, 0.3) is 0 Å². The number of nitriles is 1. The number of rotatable bonds is 8. The Morgan fingerprint density at radius 1 is 0.956 bits per heavy atom. The van der Waals surface area contributed by atoms with E-state index in [-0.39, 0.29) is 17.6 Å². The van der Waals surface area contributed by atoms with Crippen molar-refractivity contribution in [1.29, 1.82) is 5.26 Å². The summed E-state index contributed by atoms with van der Waals surface area (Å²) in [6.07, 6.45) is 5.76. The molecular formula is C36H39ClN8. The predicted octanol–water partition coefficient (Wildman–Crippen LogP) is 8.16. The molecule has 1 aliphatic rings. The number of nitrogens with zero attached hydrogens (tertiary/aromatic N) is 6. The average molecular weight is 619 g/mol. The molecule has 0 bridgehead atoms. The van der Waals surface area contributed by atoms with E-state index in [0.29, 0.717) is 27.8 Å². The highest BCUT2D eigenvalue weighted by atomic mass is 35.5. The number of aromatic nitrogens is 4. The van der Waals surface area contributed by atoms with Crippen molar-refractivity contribution in [2.24, 2.45) is 0 Å². The summed E-state index contributed by atoms with van der Waals surface area (Å²) in [6.45, 7) is 11.0. The first-order valence-corrected chi connectivity index (χ1v) is 15.9. The monoisotopic (exact) mass is 618 g/mol. The molecule has 0 unspecified atom stereocenters. The van der Waals surface area contributed by atoms with Crippen molar-refractivity contribution >= 4 is 33.9 Å². The lowest BCUT2D eigenvalue weighted by atomic mass is 9.98. The third-order valence-electron chi connectivity index (χ3n) is 8.76. The molecule has 1 saturated heterocycles. The number of hydrogen-bond donors (Lipinski definition) is 2. The zero-order valence-corrected chi connectivity index (χ0v) is 27.0. The highest BCUT2D eigenvalue weighted by molar-refractivity contribution is 6.32. The second kappa shape index (κ2) is 12.9. The van der Waals surface area contributed by atoms with Gasteiger partial charge in [0.15, 0.2) is 0 Å². The molecule has 3 aromatic carbocycles. The highest BCUT2D eigenvalue weighted by Gasteiger charge is 2.29. The van der Waals surface area contributed by atoms with Crippen LogP contribution in [0.4, 0.5) is 11.4 Å². The topological polar surface area (TPSA) is 94.7 Å². The minimum atomic E-state index is -0.298. The number of halogens is 1. The van der Waals surface area contributed by atoms with E-state index in [1.54, 1.807) is 6.20 Å². The van der Waals surface area contributed by atoms with Gasteiger partial charge in [-0.1, -0.05) is 77.5 Å². The van der Waals surface area contributed by atoms with Crippen LogP contribution in [0.1, 0.15) is 81.0 Å². The summed E-state index contributed by atoms with van der Waals surface area (Å²) < 4.78 is 2.04. The van der Waals surface area contributed by atoms with Crippen LogP contribution in [0.5, 0.6) is 0 Å². The van der Waals surface area contributed by atoms with Crippen molar-refractivity contribution in [3.63, 3.8) is 0 Å². The Hall–Kier alpha value is -4.45. The molecule has 0 aliphatic carbocycles. The summed E-state index contributed by atoms with van der Waals surface area (Å²) in [5, 5.41) is 27.9. The first-order chi connectivity index (χ1) is 21.7. The molecule has 5 aromatic rings. The Morgan fingerprint density at radius 3 is 2.27 bits per heavy atom. The summed E-state index contributed by atoms with van der Waals surface area (Å²) in [4.78, 5) is 7.29. The Bertz CT molecular complexity index is 1800. The lowest BCUT2D eigenvalue weighted by Crippen LogP contribution is -2.46. The first-order valence-electron chi connectivity index (χ1n) is 15.5. The van der Waals surface area contributed by atoms with Gasteiger partial charge >= 0.3 is 0 Å². The van der Waals surface area contributed by atoms with Crippen LogP contribution in [0.15, 0.2) is 85.2 Å². The maximum Gasteiger partial charge on any atom is 0.109 e. The Morgan fingerprint density at radius 2 is 1.62 bits per heavy atom. The van der Waals surface area contributed by atoms with Crippen LogP contribution >= 0.6 is 11.6 Å². The molecule has 6 rings (SSSR count). The summed E-state index contributed by atoms with van der Waals surface area (Å²) in [5.41, 5.74) is 5.76. The number of piperidine rings is 1. The zero-order valence-electron chi connectivity index (χ0n) is 26.2. The predicted molar refractivity (Wildman–Crippen MR) is 181 cm³/mol. The Kier molecular flexibility index (Phi) is 8.75. The van der Waals surface area contributed by atoms with Crippen LogP contribution in [0.2, 0.25) is 5.02 Å². The van der Waals surface area contributed by atoms with Gasteiger partial charge < -0.3 is 10.6 Å². The summed E-state index contributed by atoms with van der Waals surface area (Å²) in [7, 11) is 0. The van der Waals surface area contributed by atoms with Crippen molar-refractivity contribution in [3.8, 4) is 6.07 Å². The number of pyridine rings is 1. The number of benzene rings is 3. The molecule has 2 atom stereocenters. The maximum atomic E-state index is 10.0. The van der Waals surface area contributed by atoms with E-state index in [2.05, 4.69) is 90.1 Å². The minimum Gasteiger partial charge on any atom is -0.377 e. The van der Waals surface area contributed by atoms with Crippen molar-refractivity contribution in [2.45, 2.75) is 64.2 Å². The number of nitrogens with one attached hydrogen (secondary N) is 2. The van der Waals surface area contributed by atoms with Crippen LogP contribution in [0.25, 0.3) is 10.9 Å². The minimum absolute atomic E-state index is 0.0401. The van der Waals surface area contributed by atoms with E-state index >= 15 is 0 Å². The van der Waals surface area contributed by atoms with Crippen LogP contribution in [0, 0.1) is 11.3 Å². The normalized spacial score (nSPS) is 15.8. The van der Waals surface area contributed by atoms with Gasteiger partial charge in [-0.3, -0.25) is 9.88 Å². The van der Waals surface area contributed by atoms with E-state index in [9.17, 15) is 5.26 Å². The van der Waals surface area contributed by atoms with E-state index in [4.69, 9.17) is 16.6 Å². The number of fused-ring (bicyclic) bond motifs is 1. The van der Waals surface area contributed by atoms with Gasteiger partial charge in [0.05, 0.1) is 40.7 Å². The molecule has 2 N–H and O–H groups in total. The van der Waals surface area contributed by atoms with Gasteiger partial charge in [-0.2, -0.15) is 5.26 Å². The summed E-state index contributed by atoms with van der Waals surface area (Å²) >= 11 is 6.76. The fourth-order valence-corrected chi connectivity index (χ4v) is 6.41. The van der Waals surface area contributed by atoms with Crippen molar-refractivity contribution in [1.82, 2.24) is 24.9 Å². The molecule has 0 spiro atoms. The maximum absolute atomic E-state index is 10.0. The molecular weight excluding hydrogens is 580 g/mol. The van der Waals surface area contributed by atoms with Gasteiger partial charge in [-0.25, -0.2) is 4.68 Å². The van der Waals surface area contributed by atoms with Gasteiger partial charge in [0.1, 0.15) is 11.8 Å². The van der Waals surface area contributed by atoms with E-state index in [1.807, 2.05) is 53.2 Å². The smallest absolute Gasteiger partial charge is 0.109 e. The zero-order chi connectivity index (χ0) is 31.6. The molecule has 2 aromatic heterocycles. The molecule has 0 amide bonds. The first kappa shape index (κ1) is 30.6. The van der Waals surface area contributed by atoms with Crippen LogP contribution < -0.4 is 10.6 Å². The van der Waals surface area contributed by atoms with E-state index < -0.39 is 0 Å². The van der Waals surface area contributed by atoms with Crippen molar-refractivity contribution in [2.75, 3.05) is 23.7 Å². The molecule has 230 valence electrons. The van der Waals surface area contributed by atoms with E-state index in [1.165, 1.54) is 0 Å². The van der Waals surface area contributed by atoms with E-state index in [0.717, 1.165) is 53.8 Å². The van der Waals surface area contributed by atoms with Gasteiger partial charge in [-0.05, 0) is 63.8 Å². The van der Waals surface area contributed by atoms with Crippen LogP contribution in [-0.4, -0.2) is 43.5 Å². The second-order valence-electron chi connectivity index (χ2n) is 12.8. The van der Waals surface area contributed by atoms with Crippen LogP contribution in [-0.2, 0) is 0 Å². The molecule has 1 aliphatic heterocycles. The van der Waals surface area contributed by atoms with Crippen molar-refractivity contribution in [3.05, 3.63) is 113 Å². The third-order valence-corrected chi connectivity index (χ3v) is 8.98. The number of hydrogen-bond acceptors (Lipinski definition) is 7. The quantitative estimate of drug-likeness (QED) is 0.181. The SMILES string of the molecule is C[C@@H](Nc1c(C#N)cnc2c(N[C@@H](c3ccccc3)c3cn(C4CCN(C(C)(C)C)CC4)nn3)cc(Cl)cc12)c1ccccc1. The van der Waals surface area contributed by atoms with Crippen molar-refractivity contribution < 1.29 is 0 Å². The van der Waals surface area contributed by atoms with Gasteiger partial charge in [0.2, 0.25) is 0 Å².